The Morgan fingerprint density at radius 3 is 2.50 bits per heavy atom. The number of halogens is 1. The van der Waals surface area contributed by atoms with E-state index in [9.17, 15) is 0 Å². The van der Waals surface area contributed by atoms with Gasteiger partial charge in [-0.3, -0.25) is 0 Å². The van der Waals surface area contributed by atoms with Gasteiger partial charge < -0.3 is 5.73 Å². The molecule has 1 aromatic carbocycles. The zero-order valence-corrected chi connectivity index (χ0v) is 8.21. The second kappa shape index (κ2) is 4.30. The van der Waals surface area contributed by atoms with Gasteiger partial charge in [-0.1, -0.05) is 34.0 Å². The standard InChI is InChI=1S/C10H10BrN/c1-2-10(12)7-8-3-5-9(11)6-4-8/h1,3-6,10H,7,12H2. The maximum absolute atomic E-state index is 5.60. The van der Waals surface area contributed by atoms with Crippen LogP contribution in [0, 0.1) is 12.3 Å². The molecule has 0 spiro atoms. The van der Waals surface area contributed by atoms with Gasteiger partial charge in [0.25, 0.3) is 0 Å². The van der Waals surface area contributed by atoms with Gasteiger partial charge in [0.2, 0.25) is 0 Å². The summed E-state index contributed by atoms with van der Waals surface area (Å²) in [4.78, 5) is 0. The first-order valence-electron chi connectivity index (χ1n) is 3.68. The maximum Gasteiger partial charge on any atom is 0.0702 e. The first-order chi connectivity index (χ1) is 5.72. The molecule has 1 atom stereocenters. The van der Waals surface area contributed by atoms with E-state index in [4.69, 9.17) is 12.2 Å². The minimum Gasteiger partial charge on any atom is -0.317 e. The molecule has 0 aliphatic heterocycles. The summed E-state index contributed by atoms with van der Waals surface area (Å²) >= 11 is 3.36. The van der Waals surface area contributed by atoms with Crippen molar-refractivity contribution in [3.05, 3.63) is 34.3 Å². The smallest absolute Gasteiger partial charge is 0.0702 e. The lowest BCUT2D eigenvalue weighted by Gasteiger charge is -2.03. The Morgan fingerprint density at radius 2 is 2.00 bits per heavy atom. The Kier molecular flexibility index (Phi) is 3.33. The maximum atomic E-state index is 5.60. The predicted molar refractivity (Wildman–Crippen MR) is 54.7 cm³/mol. The average molecular weight is 224 g/mol. The van der Waals surface area contributed by atoms with Crippen molar-refractivity contribution in [2.75, 3.05) is 0 Å². The topological polar surface area (TPSA) is 26.0 Å². The molecule has 1 unspecified atom stereocenters. The highest BCUT2D eigenvalue weighted by Crippen LogP contribution is 2.11. The van der Waals surface area contributed by atoms with E-state index in [1.807, 2.05) is 24.3 Å². The van der Waals surface area contributed by atoms with Gasteiger partial charge in [0.05, 0.1) is 6.04 Å². The Morgan fingerprint density at radius 1 is 1.42 bits per heavy atom. The summed E-state index contributed by atoms with van der Waals surface area (Å²) in [5.74, 6) is 2.49. The number of rotatable bonds is 2. The monoisotopic (exact) mass is 223 g/mol. The molecule has 0 saturated carbocycles. The van der Waals surface area contributed by atoms with Crippen LogP contribution in [0.3, 0.4) is 0 Å². The summed E-state index contributed by atoms with van der Waals surface area (Å²) in [5.41, 5.74) is 6.77. The lowest BCUT2D eigenvalue weighted by molar-refractivity contribution is 0.836. The molecule has 0 radical (unpaired) electrons. The van der Waals surface area contributed by atoms with Crippen LogP contribution in [0.15, 0.2) is 28.7 Å². The van der Waals surface area contributed by atoms with E-state index < -0.39 is 0 Å². The van der Waals surface area contributed by atoms with Gasteiger partial charge in [0.1, 0.15) is 0 Å². The summed E-state index contributed by atoms with van der Waals surface area (Å²) in [7, 11) is 0. The number of benzene rings is 1. The first kappa shape index (κ1) is 9.31. The fourth-order valence-corrected chi connectivity index (χ4v) is 1.20. The Labute approximate surface area is 81.1 Å². The molecule has 0 bridgehead atoms. The van der Waals surface area contributed by atoms with Crippen LogP contribution in [0.25, 0.3) is 0 Å². The van der Waals surface area contributed by atoms with Crippen molar-refractivity contribution in [2.24, 2.45) is 5.73 Å². The van der Waals surface area contributed by atoms with Crippen molar-refractivity contribution < 1.29 is 0 Å². The molecule has 0 aromatic heterocycles. The molecule has 62 valence electrons. The highest BCUT2D eigenvalue weighted by Gasteiger charge is 1.98. The van der Waals surface area contributed by atoms with Crippen LogP contribution in [-0.2, 0) is 6.42 Å². The second-order valence-electron chi connectivity index (χ2n) is 2.60. The molecular weight excluding hydrogens is 214 g/mol. The van der Waals surface area contributed by atoms with E-state index in [0.29, 0.717) is 0 Å². The van der Waals surface area contributed by atoms with Crippen molar-refractivity contribution in [2.45, 2.75) is 12.5 Å². The van der Waals surface area contributed by atoms with Gasteiger partial charge in [-0.25, -0.2) is 0 Å². The molecule has 0 heterocycles. The van der Waals surface area contributed by atoms with Crippen molar-refractivity contribution >= 4 is 15.9 Å². The van der Waals surface area contributed by atoms with Gasteiger partial charge >= 0.3 is 0 Å². The van der Waals surface area contributed by atoms with E-state index in [-0.39, 0.29) is 6.04 Å². The summed E-state index contributed by atoms with van der Waals surface area (Å²) in [5, 5.41) is 0. The van der Waals surface area contributed by atoms with Crippen LogP contribution in [-0.4, -0.2) is 6.04 Å². The third-order valence-corrected chi connectivity index (χ3v) is 2.11. The Hall–Kier alpha value is -0.780. The van der Waals surface area contributed by atoms with Crippen molar-refractivity contribution in [3.8, 4) is 12.3 Å². The van der Waals surface area contributed by atoms with Gasteiger partial charge in [-0.15, -0.1) is 6.42 Å². The van der Waals surface area contributed by atoms with Gasteiger partial charge in [0.15, 0.2) is 0 Å². The molecule has 0 fully saturated rings. The molecule has 1 nitrogen and oxygen atoms in total. The van der Waals surface area contributed by atoms with E-state index >= 15 is 0 Å². The quantitative estimate of drug-likeness (QED) is 0.763. The number of hydrogen-bond donors (Lipinski definition) is 1. The van der Waals surface area contributed by atoms with E-state index in [1.54, 1.807) is 0 Å². The van der Waals surface area contributed by atoms with E-state index in [1.165, 1.54) is 5.56 Å². The van der Waals surface area contributed by atoms with Gasteiger partial charge in [0, 0.05) is 4.47 Å². The Balaban J connectivity index is 2.66. The molecule has 2 N–H and O–H groups in total. The molecule has 0 aliphatic carbocycles. The zero-order valence-electron chi connectivity index (χ0n) is 6.63. The zero-order chi connectivity index (χ0) is 8.97. The minimum atomic E-state index is -0.175. The number of terminal acetylenes is 1. The van der Waals surface area contributed by atoms with Crippen molar-refractivity contribution in [3.63, 3.8) is 0 Å². The van der Waals surface area contributed by atoms with Crippen LogP contribution in [0.5, 0.6) is 0 Å². The molecule has 1 aromatic rings. The SMILES string of the molecule is C#CC(N)Cc1ccc(Br)cc1. The summed E-state index contributed by atoms with van der Waals surface area (Å²) in [6, 6.07) is 7.82. The lowest BCUT2D eigenvalue weighted by Crippen LogP contribution is -2.19. The molecule has 0 saturated heterocycles. The molecule has 0 aliphatic rings. The van der Waals surface area contributed by atoms with Crippen LogP contribution in [0.1, 0.15) is 5.56 Å². The van der Waals surface area contributed by atoms with E-state index in [0.717, 1.165) is 10.9 Å². The molecule has 1 rings (SSSR count). The molecule has 2 heteroatoms. The largest absolute Gasteiger partial charge is 0.317 e. The highest BCUT2D eigenvalue weighted by atomic mass is 79.9. The van der Waals surface area contributed by atoms with Crippen molar-refractivity contribution in [1.82, 2.24) is 0 Å². The number of nitrogens with two attached hydrogens (primary N) is 1. The first-order valence-corrected chi connectivity index (χ1v) is 4.48. The fraction of sp³-hybridized carbons (Fsp3) is 0.200. The molecular formula is C10H10BrN. The normalized spacial score (nSPS) is 12.1. The fourth-order valence-electron chi connectivity index (χ4n) is 0.933. The molecule has 12 heavy (non-hydrogen) atoms. The highest BCUT2D eigenvalue weighted by molar-refractivity contribution is 9.10. The summed E-state index contributed by atoms with van der Waals surface area (Å²) in [6.45, 7) is 0. The second-order valence-corrected chi connectivity index (χ2v) is 3.52. The summed E-state index contributed by atoms with van der Waals surface area (Å²) in [6.07, 6.45) is 5.91. The van der Waals surface area contributed by atoms with E-state index in [2.05, 4.69) is 21.9 Å². The van der Waals surface area contributed by atoms with Gasteiger partial charge in [-0.2, -0.15) is 0 Å². The third kappa shape index (κ3) is 2.69. The number of hydrogen-bond acceptors (Lipinski definition) is 1. The van der Waals surface area contributed by atoms with Crippen LogP contribution < -0.4 is 5.73 Å². The third-order valence-electron chi connectivity index (χ3n) is 1.58. The van der Waals surface area contributed by atoms with Crippen LogP contribution in [0.4, 0.5) is 0 Å². The van der Waals surface area contributed by atoms with Crippen molar-refractivity contribution in [1.29, 1.82) is 0 Å². The van der Waals surface area contributed by atoms with Crippen LogP contribution >= 0.6 is 15.9 Å². The summed E-state index contributed by atoms with van der Waals surface area (Å²) < 4.78 is 1.07. The van der Waals surface area contributed by atoms with Gasteiger partial charge in [-0.05, 0) is 24.1 Å². The average Bonchev–Trinajstić information content (AvgIpc) is 2.09. The van der Waals surface area contributed by atoms with Crippen LogP contribution in [0.2, 0.25) is 0 Å². The predicted octanol–water partition coefficient (Wildman–Crippen LogP) is 1.95. The minimum absolute atomic E-state index is 0.175. The molecule has 0 amide bonds. The Bertz CT molecular complexity index is 284. The lowest BCUT2D eigenvalue weighted by atomic mass is 10.1.